The number of piperidine rings is 1. The summed E-state index contributed by atoms with van der Waals surface area (Å²) in [6.07, 6.45) is 1.99. The number of fused-ring (bicyclic) bond motifs is 1. The molecule has 4 rings (SSSR count). The monoisotopic (exact) mass is 381 g/mol. The first-order chi connectivity index (χ1) is 13.2. The first-order valence-corrected chi connectivity index (χ1v) is 8.95. The van der Waals surface area contributed by atoms with Gasteiger partial charge in [-0.3, -0.25) is 29.4 Å². The first kappa shape index (κ1) is 18.0. The average molecular weight is 381 g/mol. The van der Waals surface area contributed by atoms with E-state index in [0.717, 1.165) is 10.6 Å². The van der Waals surface area contributed by atoms with Crippen molar-refractivity contribution < 1.29 is 19.2 Å². The maximum atomic E-state index is 12.9. The molecule has 0 spiro atoms. The molecule has 0 bridgehead atoms. The van der Waals surface area contributed by atoms with Crippen LogP contribution in [0.15, 0.2) is 24.4 Å². The SMILES string of the molecule is CC(C)(C)c1cn(-c2ccc3c(c2)C(=O)N(C2CCC(=O)NC2=O)C3=O)nn1. The molecule has 144 valence electrons. The van der Waals surface area contributed by atoms with Gasteiger partial charge in [-0.2, -0.15) is 0 Å². The van der Waals surface area contributed by atoms with E-state index < -0.39 is 29.7 Å². The zero-order chi connectivity index (χ0) is 20.2. The molecule has 1 atom stereocenters. The Labute approximate surface area is 160 Å². The Balaban J connectivity index is 1.67. The molecule has 1 aromatic heterocycles. The van der Waals surface area contributed by atoms with E-state index in [-0.39, 0.29) is 29.4 Å². The van der Waals surface area contributed by atoms with Crippen molar-refractivity contribution in [1.82, 2.24) is 25.2 Å². The summed E-state index contributed by atoms with van der Waals surface area (Å²) < 4.78 is 1.55. The van der Waals surface area contributed by atoms with Crippen LogP contribution >= 0.6 is 0 Å². The minimum absolute atomic E-state index is 0.0869. The third kappa shape index (κ3) is 2.79. The number of carbonyl (C=O) groups excluding carboxylic acids is 4. The Morgan fingerprint density at radius 3 is 2.43 bits per heavy atom. The van der Waals surface area contributed by atoms with Gasteiger partial charge in [0.25, 0.3) is 11.8 Å². The van der Waals surface area contributed by atoms with Gasteiger partial charge in [-0.1, -0.05) is 26.0 Å². The smallest absolute Gasteiger partial charge is 0.262 e. The Morgan fingerprint density at radius 2 is 1.79 bits per heavy atom. The predicted octanol–water partition coefficient (Wildman–Crippen LogP) is 0.966. The van der Waals surface area contributed by atoms with Gasteiger partial charge in [0, 0.05) is 11.8 Å². The van der Waals surface area contributed by atoms with Crippen molar-refractivity contribution in [1.29, 1.82) is 0 Å². The van der Waals surface area contributed by atoms with Crippen LogP contribution in [0.2, 0.25) is 0 Å². The highest BCUT2D eigenvalue weighted by Crippen LogP contribution is 2.29. The molecule has 2 aliphatic rings. The van der Waals surface area contributed by atoms with Crippen LogP contribution in [0.1, 0.15) is 60.0 Å². The van der Waals surface area contributed by atoms with E-state index in [1.54, 1.807) is 29.1 Å². The molecule has 1 N–H and O–H groups in total. The molecular weight excluding hydrogens is 362 g/mol. The maximum Gasteiger partial charge on any atom is 0.262 e. The van der Waals surface area contributed by atoms with Crippen LogP contribution in [-0.4, -0.2) is 49.6 Å². The number of carbonyl (C=O) groups is 4. The number of hydrogen-bond donors (Lipinski definition) is 1. The van der Waals surface area contributed by atoms with Gasteiger partial charge in [0.05, 0.1) is 28.7 Å². The summed E-state index contributed by atoms with van der Waals surface area (Å²) in [5, 5.41) is 10.5. The molecule has 9 nitrogen and oxygen atoms in total. The minimum atomic E-state index is -0.979. The third-order valence-corrected chi connectivity index (χ3v) is 4.95. The van der Waals surface area contributed by atoms with Gasteiger partial charge in [0.2, 0.25) is 11.8 Å². The van der Waals surface area contributed by atoms with Gasteiger partial charge < -0.3 is 0 Å². The molecule has 1 fully saturated rings. The molecule has 3 heterocycles. The predicted molar refractivity (Wildman–Crippen MR) is 96.7 cm³/mol. The van der Waals surface area contributed by atoms with Crippen molar-refractivity contribution in [3.05, 3.63) is 41.2 Å². The molecule has 1 aromatic carbocycles. The summed E-state index contributed by atoms with van der Waals surface area (Å²) in [5.41, 5.74) is 1.65. The van der Waals surface area contributed by atoms with Crippen molar-refractivity contribution in [3.63, 3.8) is 0 Å². The lowest BCUT2D eigenvalue weighted by Crippen LogP contribution is -2.54. The molecule has 28 heavy (non-hydrogen) atoms. The zero-order valence-electron chi connectivity index (χ0n) is 15.7. The summed E-state index contributed by atoms with van der Waals surface area (Å²) in [4.78, 5) is 50.0. The van der Waals surface area contributed by atoms with Crippen LogP contribution in [0.4, 0.5) is 0 Å². The second-order valence-electron chi connectivity index (χ2n) is 7.98. The fourth-order valence-corrected chi connectivity index (χ4v) is 3.34. The van der Waals surface area contributed by atoms with Gasteiger partial charge in [0.1, 0.15) is 6.04 Å². The fraction of sp³-hybridized carbons (Fsp3) is 0.368. The summed E-state index contributed by atoms with van der Waals surface area (Å²) >= 11 is 0. The summed E-state index contributed by atoms with van der Waals surface area (Å²) in [6.45, 7) is 6.05. The van der Waals surface area contributed by atoms with Gasteiger partial charge in [0.15, 0.2) is 0 Å². The molecule has 2 aliphatic heterocycles. The molecule has 0 radical (unpaired) electrons. The number of rotatable bonds is 2. The number of benzene rings is 1. The number of nitrogens with one attached hydrogen (secondary N) is 1. The maximum absolute atomic E-state index is 12.9. The standard InChI is InChI=1S/C19H19N5O4/c1-19(2,3)14-9-23(22-21-14)10-4-5-11-12(8-10)18(28)24(17(11)27)13-6-7-15(25)20-16(13)26/h4-5,8-9,13H,6-7H2,1-3H3,(H,20,25,26). The highest BCUT2D eigenvalue weighted by atomic mass is 16.2. The topological polar surface area (TPSA) is 114 Å². The molecule has 2 aromatic rings. The van der Waals surface area contributed by atoms with Crippen molar-refractivity contribution >= 4 is 23.6 Å². The fourth-order valence-electron chi connectivity index (χ4n) is 3.34. The van der Waals surface area contributed by atoms with Crippen molar-refractivity contribution in [3.8, 4) is 5.69 Å². The van der Waals surface area contributed by atoms with E-state index in [0.29, 0.717) is 5.69 Å². The van der Waals surface area contributed by atoms with Gasteiger partial charge in [-0.15, -0.1) is 5.10 Å². The Bertz CT molecular complexity index is 1030. The summed E-state index contributed by atoms with van der Waals surface area (Å²) in [7, 11) is 0. The largest absolute Gasteiger partial charge is 0.295 e. The average Bonchev–Trinajstić information content (AvgIpc) is 3.21. The summed E-state index contributed by atoms with van der Waals surface area (Å²) in [6, 6.07) is 3.82. The van der Waals surface area contributed by atoms with Crippen LogP contribution in [0.3, 0.4) is 0 Å². The van der Waals surface area contributed by atoms with Crippen LogP contribution in [-0.2, 0) is 15.0 Å². The highest BCUT2D eigenvalue weighted by molar-refractivity contribution is 6.23. The van der Waals surface area contributed by atoms with Crippen LogP contribution < -0.4 is 5.32 Å². The second kappa shape index (κ2) is 6.08. The van der Waals surface area contributed by atoms with Crippen LogP contribution in [0.5, 0.6) is 0 Å². The van der Waals surface area contributed by atoms with E-state index in [2.05, 4.69) is 15.6 Å². The number of aromatic nitrogens is 3. The molecular formula is C19H19N5O4. The van der Waals surface area contributed by atoms with Crippen LogP contribution in [0.25, 0.3) is 5.69 Å². The van der Waals surface area contributed by atoms with Gasteiger partial charge >= 0.3 is 0 Å². The van der Waals surface area contributed by atoms with Crippen molar-refractivity contribution in [2.75, 3.05) is 0 Å². The van der Waals surface area contributed by atoms with Crippen molar-refractivity contribution in [2.45, 2.75) is 45.1 Å². The van der Waals surface area contributed by atoms with E-state index in [1.807, 2.05) is 20.8 Å². The zero-order valence-corrected chi connectivity index (χ0v) is 15.7. The Hall–Kier alpha value is -3.36. The second-order valence-corrected chi connectivity index (χ2v) is 7.98. The van der Waals surface area contributed by atoms with Gasteiger partial charge in [-0.25, -0.2) is 4.68 Å². The molecule has 4 amide bonds. The highest BCUT2D eigenvalue weighted by Gasteiger charge is 2.44. The minimum Gasteiger partial charge on any atom is -0.295 e. The molecule has 1 saturated heterocycles. The van der Waals surface area contributed by atoms with E-state index >= 15 is 0 Å². The number of amides is 4. The summed E-state index contributed by atoms with van der Waals surface area (Å²) in [5.74, 6) is -2.11. The number of imide groups is 2. The lowest BCUT2D eigenvalue weighted by molar-refractivity contribution is -0.136. The van der Waals surface area contributed by atoms with Gasteiger partial charge in [-0.05, 0) is 24.6 Å². The normalized spacial score (nSPS) is 19.8. The molecule has 1 unspecified atom stereocenters. The van der Waals surface area contributed by atoms with E-state index in [4.69, 9.17) is 0 Å². The molecule has 9 heteroatoms. The lowest BCUT2D eigenvalue weighted by Gasteiger charge is -2.27. The molecule has 0 saturated carbocycles. The van der Waals surface area contributed by atoms with E-state index in [1.165, 1.54) is 0 Å². The van der Waals surface area contributed by atoms with Crippen LogP contribution in [0, 0.1) is 0 Å². The lowest BCUT2D eigenvalue weighted by atomic mass is 9.93. The molecule has 0 aliphatic carbocycles. The quantitative estimate of drug-likeness (QED) is 0.775. The Kier molecular flexibility index (Phi) is 3.91. The first-order valence-electron chi connectivity index (χ1n) is 8.95. The number of hydrogen-bond acceptors (Lipinski definition) is 6. The Morgan fingerprint density at radius 1 is 1.07 bits per heavy atom. The van der Waals surface area contributed by atoms with E-state index in [9.17, 15) is 19.2 Å². The third-order valence-electron chi connectivity index (χ3n) is 4.95. The van der Waals surface area contributed by atoms with Crippen molar-refractivity contribution in [2.24, 2.45) is 0 Å². The number of nitrogens with zero attached hydrogens (tertiary/aromatic N) is 4.